The molecule has 3 heterocycles. The molecular weight excluding hydrogens is 346 g/mol. The highest BCUT2D eigenvalue weighted by Crippen LogP contribution is 2.32. The summed E-state index contributed by atoms with van der Waals surface area (Å²) in [7, 11) is 0. The molecule has 6 heteroatoms. The van der Waals surface area contributed by atoms with Gasteiger partial charge in [0.15, 0.2) is 0 Å². The van der Waals surface area contributed by atoms with Gasteiger partial charge in [0.2, 0.25) is 0 Å². The number of H-pyrrole nitrogens is 1. The number of aromatic amines is 1. The Hall–Kier alpha value is -2.18. The average Bonchev–Trinajstić information content (AvgIpc) is 2.99. The number of unbranched alkanes of at least 4 members (excludes halogenated alkanes) is 1. The van der Waals surface area contributed by atoms with Gasteiger partial charge >= 0.3 is 5.69 Å². The SMILES string of the molecule is CCCCn1c(=O)[nH]c2sc3c(c2c1=O)CCN(Cc1ccccc1)C3. The van der Waals surface area contributed by atoms with Gasteiger partial charge in [0, 0.05) is 31.1 Å². The van der Waals surface area contributed by atoms with Crippen LogP contribution in [0.25, 0.3) is 10.2 Å². The first-order chi connectivity index (χ1) is 12.7. The van der Waals surface area contributed by atoms with Gasteiger partial charge in [0.05, 0.1) is 5.39 Å². The maximum absolute atomic E-state index is 12.9. The Kier molecular flexibility index (Phi) is 4.78. The standard InChI is InChI=1S/C20H23N3O2S/c1-2-3-10-23-19(24)17-15-9-11-22(12-14-7-5-4-6-8-14)13-16(15)26-18(17)21-20(23)25/h4-8H,2-3,9-13H2,1H3,(H,21,25). The molecule has 4 rings (SSSR count). The average molecular weight is 369 g/mol. The zero-order valence-electron chi connectivity index (χ0n) is 15.0. The molecule has 0 radical (unpaired) electrons. The van der Waals surface area contributed by atoms with E-state index in [1.54, 1.807) is 11.3 Å². The van der Waals surface area contributed by atoms with E-state index >= 15 is 0 Å². The van der Waals surface area contributed by atoms with Crippen molar-refractivity contribution in [2.24, 2.45) is 0 Å². The molecule has 136 valence electrons. The van der Waals surface area contributed by atoms with Gasteiger partial charge in [-0.3, -0.25) is 19.2 Å². The smallest absolute Gasteiger partial charge is 0.298 e. The molecule has 0 saturated carbocycles. The minimum absolute atomic E-state index is 0.119. The van der Waals surface area contributed by atoms with Crippen molar-refractivity contribution in [2.75, 3.05) is 6.54 Å². The molecule has 0 unspecified atom stereocenters. The molecule has 3 aromatic rings. The van der Waals surface area contributed by atoms with Crippen LogP contribution in [0.5, 0.6) is 0 Å². The molecular formula is C20H23N3O2S. The van der Waals surface area contributed by atoms with Crippen LogP contribution in [0.3, 0.4) is 0 Å². The number of fused-ring (bicyclic) bond motifs is 3. The summed E-state index contributed by atoms with van der Waals surface area (Å²) in [5.41, 5.74) is 2.04. The first-order valence-electron chi connectivity index (χ1n) is 9.21. The van der Waals surface area contributed by atoms with E-state index in [4.69, 9.17) is 0 Å². The van der Waals surface area contributed by atoms with Crippen molar-refractivity contribution in [1.29, 1.82) is 0 Å². The fourth-order valence-electron chi connectivity index (χ4n) is 3.66. The van der Waals surface area contributed by atoms with Gasteiger partial charge in [-0.1, -0.05) is 43.7 Å². The number of thiophene rings is 1. The lowest BCUT2D eigenvalue weighted by molar-refractivity contribution is 0.249. The van der Waals surface area contributed by atoms with Crippen molar-refractivity contribution in [3.8, 4) is 0 Å². The Labute approximate surface area is 155 Å². The lowest BCUT2D eigenvalue weighted by Gasteiger charge is -2.26. The summed E-state index contributed by atoms with van der Waals surface area (Å²) in [6, 6.07) is 10.4. The molecule has 5 nitrogen and oxygen atoms in total. The topological polar surface area (TPSA) is 58.1 Å². The van der Waals surface area contributed by atoms with E-state index in [1.165, 1.54) is 15.0 Å². The maximum Gasteiger partial charge on any atom is 0.329 e. The third kappa shape index (κ3) is 3.15. The molecule has 0 saturated heterocycles. The van der Waals surface area contributed by atoms with E-state index in [2.05, 4.69) is 41.1 Å². The molecule has 1 aromatic carbocycles. The van der Waals surface area contributed by atoms with Crippen LogP contribution in [0.15, 0.2) is 39.9 Å². The number of nitrogens with zero attached hydrogens (tertiary/aromatic N) is 2. The van der Waals surface area contributed by atoms with Gasteiger partial charge in [-0.25, -0.2) is 4.79 Å². The van der Waals surface area contributed by atoms with Crippen molar-refractivity contribution >= 4 is 21.6 Å². The number of aromatic nitrogens is 2. The monoisotopic (exact) mass is 369 g/mol. The fourth-order valence-corrected chi connectivity index (χ4v) is 4.93. The molecule has 0 amide bonds. The minimum atomic E-state index is -0.282. The van der Waals surface area contributed by atoms with Gasteiger partial charge in [0.1, 0.15) is 4.83 Å². The number of benzene rings is 1. The Bertz CT molecular complexity index is 1030. The highest BCUT2D eigenvalue weighted by atomic mass is 32.1. The van der Waals surface area contributed by atoms with Crippen LogP contribution < -0.4 is 11.2 Å². The van der Waals surface area contributed by atoms with Crippen LogP contribution in [-0.4, -0.2) is 21.0 Å². The molecule has 0 fully saturated rings. The van der Waals surface area contributed by atoms with Crippen molar-refractivity contribution in [3.63, 3.8) is 0 Å². The molecule has 1 N–H and O–H groups in total. The van der Waals surface area contributed by atoms with Crippen molar-refractivity contribution in [2.45, 2.75) is 45.8 Å². The first-order valence-corrected chi connectivity index (χ1v) is 10.0. The van der Waals surface area contributed by atoms with Crippen LogP contribution in [0.2, 0.25) is 0 Å². The maximum atomic E-state index is 12.9. The van der Waals surface area contributed by atoms with E-state index in [0.29, 0.717) is 6.54 Å². The second kappa shape index (κ2) is 7.21. The van der Waals surface area contributed by atoms with Crippen LogP contribution in [0.4, 0.5) is 0 Å². The Morgan fingerprint density at radius 1 is 1.19 bits per heavy atom. The van der Waals surface area contributed by atoms with Gasteiger partial charge in [-0.15, -0.1) is 11.3 Å². The van der Waals surface area contributed by atoms with E-state index in [0.717, 1.165) is 54.7 Å². The van der Waals surface area contributed by atoms with Crippen molar-refractivity contribution in [1.82, 2.24) is 14.5 Å². The Balaban J connectivity index is 1.67. The first kappa shape index (κ1) is 17.2. The highest BCUT2D eigenvalue weighted by Gasteiger charge is 2.24. The Morgan fingerprint density at radius 3 is 2.77 bits per heavy atom. The quantitative estimate of drug-likeness (QED) is 0.752. The largest absolute Gasteiger partial charge is 0.329 e. The summed E-state index contributed by atoms with van der Waals surface area (Å²) in [6.07, 6.45) is 2.66. The van der Waals surface area contributed by atoms with E-state index in [-0.39, 0.29) is 11.2 Å². The summed E-state index contributed by atoms with van der Waals surface area (Å²) in [5, 5.41) is 0.736. The van der Waals surface area contributed by atoms with Gasteiger partial charge in [-0.05, 0) is 24.0 Å². The summed E-state index contributed by atoms with van der Waals surface area (Å²) in [5.74, 6) is 0. The van der Waals surface area contributed by atoms with Crippen LogP contribution >= 0.6 is 11.3 Å². The summed E-state index contributed by atoms with van der Waals surface area (Å²) in [6.45, 7) is 5.23. The molecule has 1 aliphatic rings. The van der Waals surface area contributed by atoms with Crippen LogP contribution in [0, 0.1) is 0 Å². The second-order valence-electron chi connectivity index (χ2n) is 6.89. The van der Waals surface area contributed by atoms with E-state index < -0.39 is 0 Å². The molecule has 0 aliphatic carbocycles. The van der Waals surface area contributed by atoms with Crippen molar-refractivity contribution in [3.05, 3.63) is 67.2 Å². The molecule has 1 aliphatic heterocycles. The van der Waals surface area contributed by atoms with Crippen LogP contribution in [-0.2, 0) is 26.1 Å². The molecule has 0 atom stereocenters. The van der Waals surface area contributed by atoms with Gasteiger partial charge in [-0.2, -0.15) is 0 Å². The second-order valence-corrected chi connectivity index (χ2v) is 8.00. The lowest BCUT2D eigenvalue weighted by Crippen LogP contribution is -2.35. The predicted octanol–water partition coefficient (Wildman–Crippen LogP) is 3.11. The van der Waals surface area contributed by atoms with E-state index in [9.17, 15) is 9.59 Å². The third-order valence-corrected chi connectivity index (χ3v) is 6.18. The van der Waals surface area contributed by atoms with Gasteiger partial charge < -0.3 is 0 Å². The van der Waals surface area contributed by atoms with Gasteiger partial charge in [0.25, 0.3) is 5.56 Å². The normalized spacial score (nSPS) is 14.7. The van der Waals surface area contributed by atoms with Crippen LogP contribution in [0.1, 0.15) is 35.8 Å². The third-order valence-electron chi connectivity index (χ3n) is 5.04. The summed E-state index contributed by atoms with van der Waals surface area (Å²) >= 11 is 1.56. The highest BCUT2D eigenvalue weighted by molar-refractivity contribution is 7.18. The molecule has 0 spiro atoms. The number of nitrogens with one attached hydrogen (secondary N) is 1. The fraction of sp³-hybridized carbons (Fsp3) is 0.400. The zero-order valence-corrected chi connectivity index (χ0v) is 15.8. The minimum Gasteiger partial charge on any atom is -0.298 e. The predicted molar refractivity (Wildman–Crippen MR) is 106 cm³/mol. The number of rotatable bonds is 5. The molecule has 0 bridgehead atoms. The number of hydrogen-bond acceptors (Lipinski definition) is 4. The lowest BCUT2D eigenvalue weighted by atomic mass is 10.0. The Morgan fingerprint density at radius 2 is 2.00 bits per heavy atom. The molecule has 2 aromatic heterocycles. The van der Waals surface area contributed by atoms with E-state index in [1.807, 2.05) is 6.07 Å². The summed E-state index contributed by atoms with van der Waals surface area (Å²) in [4.78, 5) is 32.5. The number of hydrogen-bond donors (Lipinski definition) is 1. The zero-order chi connectivity index (χ0) is 18.1. The molecule has 26 heavy (non-hydrogen) atoms. The summed E-state index contributed by atoms with van der Waals surface area (Å²) < 4.78 is 1.37. The van der Waals surface area contributed by atoms with Crippen molar-refractivity contribution < 1.29 is 0 Å².